The third-order valence-corrected chi connectivity index (χ3v) is 4.72. The van der Waals surface area contributed by atoms with Gasteiger partial charge in [-0.15, -0.1) is 0 Å². The standard InChI is InChI=1S/C19H19ClFN3O3/c1-12-2-3-16(11-23-12)24-7-5-19(27,18(24)26)17(25)22-6-4-13-8-14(20)10-15(21)9-13/h2-3,8-11,27H,4-7H2,1H3,(H,22,25)/t19-/m1/s1. The fourth-order valence-electron chi connectivity index (χ4n) is 3.00. The Hall–Kier alpha value is -2.51. The van der Waals surface area contributed by atoms with Crippen LogP contribution in [0, 0.1) is 12.7 Å². The van der Waals surface area contributed by atoms with Gasteiger partial charge in [-0.3, -0.25) is 14.6 Å². The average molecular weight is 392 g/mol. The molecule has 1 aliphatic heterocycles. The zero-order chi connectivity index (χ0) is 19.6. The van der Waals surface area contributed by atoms with Crippen LogP contribution in [0.3, 0.4) is 0 Å². The molecule has 0 bridgehead atoms. The summed E-state index contributed by atoms with van der Waals surface area (Å²) in [6, 6.07) is 7.58. The molecule has 2 N–H and O–H groups in total. The third kappa shape index (κ3) is 4.09. The van der Waals surface area contributed by atoms with Gasteiger partial charge in [0.2, 0.25) is 5.60 Å². The number of carbonyl (C=O) groups excluding carboxylic acids is 2. The second-order valence-electron chi connectivity index (χ2n) is 6.51. The van der Waals surface area contributed by atoms with Gasteiger partial charge in [0.1, 0.15) is 5.82 Å². The van der Waals surface area contributed by atoms with Crippen LogP contribution in [0.4, 0.5) is 10.1 Å². The largest absolute Gasteiger partial charge is 0.372 e. The molecule has 1 saturated heterocycles. The molecule has 0 spiro atoms. The zero-order valence-corrected chi connectivity index (χ0v) is 15.5. The predicted octanol–water partition coefficient (Wildman–Crippen LogP) is 2.01. The van der Waals surface area contributed by atoms with Crippen molar-refractivity contribution in [2.75, 3.05) is 18.0 Å². The number of carbonyl (C=O) groups is 2. The molecule has 0 radical (unpaired) electrons. The van der Waals surface area contributed by atoms with Crippen molar-refractivity contribution in [3.05, 3.63) is 58.6 Å². The van der Waals surface area contributed by atoms with Gasteiger partial charge in [0, 0.05) is 30.2 Å². The Kier molecular flexibility index (Phi) is 5.43. The summed E-state index contributed by atoms with van der Waals surface area (Å²) < 4.78 is 13.3. The van der Waals surface area contributed by atoms with E-state index in [-0.39, 0.29) is 24.5 Å². The van der Waals surface area contributed by atoms with Crippen LogP contribution in [0.5, 0.6) is 0 Å². The first-order valence-electron chi connectivity index (χ1n) is 8.50. The van der Waals surface area contributed by atoms with Crippen molar-refractivity contribution < 1.29 is 19.1 Å². The number of pyridine rings is 1. The van der Waals surface area contributed by atoms with Crippen molar-refractivity contribution in [2.45, 2.75) is 25.4 Å². The van der Waals surface area contributed by atoms with E-state index in [0.717, 1.165) is 5.69 Å². The normalized spacial score (nSPS) is 19.4. The fraction of sp³-hybridized carbons (Fsp3) is 0.316. The van der Waals surface area contributed by atoms with Crippen LogP contribution in [-0.2, 0) is 16.0 Å². The first-order valence-corrected chi connectivity index (χ1v) is 8.88. The van der Waals surface area contributed by atoms with E-state index in [1.54, 1.807) is 18.2 Å². The molecule has 1 aromatic carbocycles. The predicted molar refractivity (Wildman–Crippen MR) is 99.0 cm³/mol. The number of hydrogen-bond acceptors (Lipinski definition) is 4. The molecule has 6 nitrogen and oxygen atoms in total. The number of rotatable bonds is 5. The van der Waals surface area contributed by atoms with E-state index in [9.17, 15) is 19.1 Å². The molecule has 2 heterocycles. The number of anilines is 1. The van der Waals surface area contributed by atoms with Crippen LogP contribution in [-0.4, -0.2) is 40.6 Å². The molecule has 0 aliphatic carbocycles. The Morgan fingerprint density at radius 1 is 1.41 bits per heavy atom. The molecule has 2 aromatic rings. The quantitative estimate of drug-likeness (QED) is 0.764. The molecule has 1 aromatic heterocycles. The maximum Gasteiger partial charge on any atom is 0.268 e. The van der Waals surface area contributed by atoms with Crippen LogP contribution in [0.2, 0.25) is 5.02 Å². The first-order chi connectivity index (χ1) is 12.8. The smallest absolute Gasteiger partial charge is 0.268 e. The number of amides is 2. The molecule has 0 unspecified atom stereocenters. The van der Waals surface area contributed by atoms with Gasteiger partial charge in [-0.1, -0.05) is 11.6 Å². The molecule has 1 aliphatic rings. The minimum atomic E-state index is -2.12. The summed E-state index contributed by atoms with van der Waals surface area (Å²) in [5.41, 5.74) is -0.179. The van der Waals surface area contributed by atoms with E-state index in [2.05, 4.69) is 10.3 Å². The van der Waals surface area contributed by atoms with Crippen molar-refractivity contribution in [2.24, 2.45) is 0 Å². The van der Waals surface area contributed by atoms with Gasteiger partial charge in [-0.05, 0) is 49.2 Å². The second kappa shape index (κ2) is 7.62. The van der Waals surface area contributed by atoms with Crippen LogP contribution >= 0.6 is 11.6 Å². The van der Waals surface area contributed by atoms with Crippen LogP contribution in [0.25, 0.3) is 0 Å². The number of aromatic nitrogens is 1. The van der Waals surface area contributed by atoms with Crippen molar-refractivity contribution >= 4 is 29.1 Å². The van der Waals surface area contributed by atoms with E-state index in [1.807, 2.05) is 6.92 Å². The third-order valence-electron chi connectivity index (χ3n) is 4.50. The molecular formula is C19H19ClFN3O3. The summed E-state index contributed by atoms with van der Waals surface area (Å²) in [7, 11) is 0. The van der Waals surface area contributed by atoms with Gasteiger partial charge in [0.25, 0.3) is 11.8 Å². The lowest BCUT2D eigenvalue weighted by atomic mass is 10.0. The molecular weight excluding hydrogens is 373 g/mol. The number of nitrogens with zero attached hydrogens (tertiary/aromatic N) is 2. The van der Waals surface area contributed by atoms with E-state index in [4.69, 9.17) is 11.6 Å². The van der Waals surface area contributed by atoms with Gasteiger partial charge in [0.15, 0.2) is 0 Å². The molecule has 1 atom stereocenters. The molecule has 1 fully saturated rings. The van der Waals surface area contributed by atoms with Crippen LogP contribution in [0.15, 0.2) is 36.5 Å². The lowest BCUT2D eigenvalue weighted by molar-refractivity contribution is -0.149. The van der Waals surface area contributed by atoms with Crippen molar-refractivity contribution in [1.29, 1.82) is 0 Å². The number of halogens is 2. The number of nitrogens with one attached hydrogen (secondary N) is 1. The van der Waals surface area contributed by atoms with Gasteiger partial charge in [-0.2, -0.15) is 0 Å². The molecule has 142 valence electrons. The highest BCUT2D eigenvalue weighted by molar-refractivity contribution is 6.30. The topological polar surface area (TPSA) is 82.5 Å². The minimum absolute atomic E-state index is 0.0165. The summed E-state index contributed by atoms with van der Waals surface area (Å²) in [4.78, 5) is 30.5. The first kappa shape index (κ1) is 19.3. The Balaban J connectivity index is 1.62. The lowest BCUT2D eigenvalue weighted by Gasteiger charge is -2.21. The summed E-state index contributed by atoms with van der Waals surface area (Å²) >= 11 is 5.80. The molecule has 27 heavy (non-hydrogen) atoms. The summed E-state index contributed by atoms with van der Waals surface area (Å²) in [6.45, 7) is 2.18. The molecule has 0 saturated carbocycles. The second-order valence-corrected chi connectivity index (χ2v) is 6.94. The van der Waals surface area contributed by atoms with Crippen molar-refractivity contribution in [3.63, 3.8) is 0 Å². The molecule has 3 rings (SSSR count). The van der Waals surface area contributed by atoms with Crippen molar-refractivity contribution in [1.82, 2.24) is 10.3 Å². The van der Waals surface area contributed by atoms with E-state index < -0.39 is 23.2 Å². The maximum atomic E-state index is 13.3. The number of hydrogen-bond donors (Lipinski definition) is 2. The van der Waals surface area contributed by atoms with Crippen LogP contribution in [0.1, 0.15) is 17.7 Å². The zero-order valence-electron chi connectivity index (χ0n) is 14.7. The van der Waals surface area contributed by atoms with E-state index in [1.165, 1.54) is 23.2 Å². The Morgan fingerprint density at radius 3 is 2.85 bits per heavy atom. The summed E-state index contributed by atoms with van der Waals surface area (Å²) in [5, 5.41) is 13.4. The fourth-order valence-corrected chi connectivity index (χ4v) is 3.25. The van der Waals surface area contributed by atoms with Gasteiger partial charge in [-0.25, -0.2) is 4.39 Å². The number of aryl methyl sites for hydroxylation is 1. The Labute approximate surface area is 161 Å². The minimum Gasteiger partial charge on any atom is -0.372 e. The van der Waals surface area contributed by atoms with E-state index in [0.29, 0.717) is 17.7 Å². The highest BCUT2D eigenvalue weighted by Gasteiger charge is 2.51. The average Bonchev–Trinajstić information content (AvgIpc) is 2.91. The van der Waals surface area contributed by atoms with Gasteiger partial charge in [0.05, 0.1) is 11.9 Å². The summed E-state index contributed by atoms with van der Waals surface area (Å²) in [6.07, 6.45) is 1.83. The van der Waals surface area contributed by atoms with Crippen molar-refractivity contribution in [3.8, 4) is 0 Å². The summed E-state index contributed by atoms with van der Waals surface area (Å²) in [5.74, 6) is -1.91. The molecule has 8 heteroatoms. The van der Waals surface area contributed by atoms with Gasteiger partial charge >= 0.3 is 0 Å². The van der Waals surface area contributed by atoms with Gasteiger partial charge < -0.3 is 15.3 Å². The monoisotopic (exact) mass is 391 g/mol. The Morgan fingerprint density at radius 2 is 2.19 bits per heavy atom. The lowest BCUT2D eigenvalue weighted by Crippen LogP contribution is -2.52. The number of aliphatic hydroxyl groups is 1. The maximum absolute atomic E-state index is 13.3. The SMILES string of the molecule is Cc1ccc(N2CC[C@@](O)(C(=O)NCCc3cc(F)cc(Cl)c3)C2=O)cn1. The highest BCUT2D eigenvalue weighted by atomic mass is 35.5. The van der Waals surface area contributed by atoms with Crippen LogP contribution < -0.4 is 10.2 Å². The Bertz CT molecular complexity index is 855. The number of benzene rings is 1. The van der Waals surface area contributed by atoms with E-state index >= 15 is 0 Å². The highest BCUT2D eigenvalue weighted by Crippen LogP contribution is 2.28. The molecule has 2 amide bonds.